The molecule has 0 heterocycles. The highest BCUT2D eigenvalue weighted by Crippen LogP contribution is 2.20. The molecule has 2 N–H and O–H groups in total. The smallest absolute Gasteiger partial charge is 0.101 e. The Hall–Kier alpha value is -1.53. The Morgan fingerprint density at radius 2 is 2.29 bits per heavy atom. The third-order valence-corrected chi connectivity index (χ3v) is 2.06. The van der Waals surface area contributed by atoms with Crippen LogP contribution in [-0.4, -0.2) is 17.8 Å². The van der Waals surface area contributed by atoms with Crippen LogP contribution in [0.3, 0.4) is 0 Å². The van der Waals surface area contributed by atoms with Gasteiger partial charge in [-0.2, -0.15) is 5.26 Å². The first-order valence-electron chi connectivity index (χ1n) is 4.56. The minimum Gasteiger partial charge on any atom is -0.394 e. The molecule has 0 aliphatic rings. The number of nitrogens with zero attached hydrogens (tertiary/aromatic N) is 1. The van der Waals surface area contributed by atoms with Crippen molar-refractivity contribution in [1.29, 1.82) is 5.26 Å². The van der Waals surface area contributed by atoms with Gasteiger partial charge in [0, 0.05) is 6.04 Å². The molecule has 0 saturated carbocycles. The lowest BCUT2D eigenvalue weighted by atomic mass is 10.1. The molecule has 0 aliphatic heterocycles. The van der Waals surface area contributed by atoms with E-state index in [2.05, 4.69) is 11.4 Å². The zero-order chi connectivity index (χ0) is 10.6. The quantitative estimate of drug-likeness (QED) is 0.762. The van der Waals surface area contributed by atoms with Crippen LogP contribution < -0.4 is 5.32 Å². The Morgan fingerprint density at radius 1 is 1.57 bits per heavy atom. The standard InChI is InChI=1S/C11H14N2O/c1-8-4-3-5-10(6-12)11(8)13-9(2)7-14/h3-5,9,13-14H,7H2,1-2H3. The number of hydrogen-bond donors (Lipinski definition) is 2. The molecule has 0 fully saturated rings. The molecule has 0 saturated heterocycles. The Balaban J connectivity index is 3.00. The van der Waals surface area contributed by atoms with E-state index in [1.807, 2.05) is 26.0 Å². The number of hydrogen-bond acceptors (Lipinski definition) is 3. The van der Waals surface area contributed by atoms with E-state index in [1.165, 1.54) is 0 Å². The molecule has 0 aliphatic carbocycles. The number of nitrogens with one attached hydrogen (secondary N) is 1. The molecular formula is C11H14N2O. The van der Waals surface area contributed by atoms with Gasteiger partial charge in [0.15, 0.2) is 0 Å². The fraction of sp³-hybridized carbons (Fsp3) is 0.364. The van der Waals surface area contributed by atoms with Crippen LogP contribution in [0, 0.1) is 18.3 Å². The highest BCUT2D eigenvalue weighted by atomic mass is 16.3. The molecule has 3 heteroatoms. The van der Waals surface area contributed by atoms with E-state index in [9.17, 15) is 0 Å². The van der Waals surface area contributed by atoms with Crippen molar-refractivity contribution < 1.29 is 5.11 Å². The molecule has 0 spiro atoms. The first kappa shape index (κ1) is 10.6. The van der Waals surface area contributed by atoms with Crippen molar-refractivity contribution in [1.82, 2.24) is 0 Å². The molecule has 1 unspecified atom stereocenters. The van der Waals surface area contributed by atoms with Crippen molar-refractivity contribution in [3.63, 3.8) is 0 Å². The molecule has 14 heavy (non-hydrogen) atoms. The molecule has 0 amide bonds. The van der Waals surface area contributed by atoms with Crippen LogP contribution in [0.1, 0.15) is 18.1 Å². The topological polar surface area (TPSA) is 56.0 Å². The lowest BCUT2D eigenvalue weighted by Gasteiger charge is -2.15. The van der Waals surface area contributed by atoms with Crippen LogP contribution in [0.2, 0.25) is 0 Å². The van der Waals surface area contributed by atoms with Gasteiger partial charge in [0.25, 0.3) is 0 Å². The number of nitriles is 1. The van der Waals surface area contributed by atoms with Crippen molar-refractivity contribution in [2.45, 2.75) is 19.9 Å². The number of aryl methyl sites for hydroxylation is 1. The Labute approximate surface area is 84.0 Å². The van der Waals surface area contributed by atoms with E-state index in [0.29, 0.717) is 5.56 Å². The second-order valence-corrected chi connectivity index (χ2v) is 3.34. The normalized spacial score (nSPS) is 11.9. The van der Waals surface area contributed by atoms with E-state index in [4.69, 9.17) is 10.4 Å². The fourth-order valence-electron chi connectivity index (χ4n) is 1.24. The second kappa shape index (κ2) is 4.64. The summed E-state index contributed by atoms with van der Waals surface area (Å²) < 4.78 is 0. The summed E-state index contributed by atoms with van der Waals surface area (Å²) in [5.41, 5.74) is 2.45. The van der Waals surface area contributed by atoms with E-state index < -0.39 is 0 Å². The SMILES string of the molecule is Cc1cccc(C#N)c1NC(C)CO. The number of para-hydroxylation sites is 1. The predicted octanol–water partition coefficient (Wildman–Crippen LogP) is 1.66. The van der Waals surface area contributed by atoms with Crippen LogP contribution in [-0.2, 0) is 0 Å². The van der Waals surface area contributed by atoms with Gasteiger partial charge in [-0.05, 0) is 25.5 Å². The molecule has 0 aromatic heterocycles. The van der Waals surface area contributed by atoms with Gasteiger partial charge >= 0.3 is 0 Å². The van der Waals surface area contributed by atoms with Crippen molar-refractivity contribution in [2.75, 3.05) is 11.9 Å². The lowest BCUT2D eigenvalue weighted by molar-refractivity contribution is 0.281. The number of rotatable bonds is 3. The Kier molecular flexibility index (Phi) is 3.49. The summed E-state index contributed by atoms with van der Waals surface area (Å²) in [5, 5.41) is 20.9. The van der Waals surface area contributed by atoms with Gasteiger partial charge in [-0.15, -0.1) is 0 Å². The molecule has 0 radical (unpaired) electrons. The third kappa shape index (κ3) is 2.24. The molecule has 1 aromatic carbocycles. The molecule has 0 bridgehead atoms. The molecule has 3 nitrogen and oxygen atoms in total. The van der Waals surface area contributed by atoms with Crippen molar-refractivity contribution >= 4 is 5.69 Å². The molecule has 1 atom stereocenters. The molecule has 1 aromatic rings. The van der Waals surface area contributed by atoms with Crippen LogP contribution >= 0.6 is 0 Å². The van der Waals surface area contributed by atoms with E-state index in [0.717, 1.165) is 11.3 Å². The van der Waals surface area contributed by atoms with Crippen molar-refractivity contribution in [2.24, 2.45) is 0 Å². The van der Waals surface area contributed by atoms with Gasteiger partial charge in [0.05, 0.1) is 17.9 Å². The molecule has 1 rings (SSSR count). The van der Waals surface area contributed by atoms with Gasteiger partial charge in [-0.25, -0.2) is 0 Å². The maximum absolute atomic E-state index is 8.91. The van der Waals surface area contributed by atoms with E-state index >= 15 is 0 Å². The summed E-state index contributed by atoms with van der Waals surface area (Å²) in [4.78, 5) is 0. The van der Waals surface area contributed by atoms with Gasteiger partial charge in [-0.3, -0.25) is 0 Å². The minimum absolute atomic E-state index is 0.0387. The highest BCUT2D eigenvalue weighted by Gasteiger charge is 2.07. The fourth-order valence-corrected chi connectivity index (χ4v) is 1.24. The first-order valence-corrected chi connectivity index (χ1v) is 4.56. The summed E-state index contributed by atoms with van der Waals surface area (Å²) in [7, 11) is 0. The minimum atomic E-state index is -0.0387. The maximum atomic E-state index is 8.91. The maximum Gasteiger partial charge on any atom is 0.101 e. The van der Waals surface area contributed by atoms with Crippen LogP contribution in [0.5, 0.6) is 0 Å². The number of aliphatic hydroxyl groups is 1. The summed E-state index contributed by atoms with van der Waals surface area (Å²) in [5.74, 6) is 0. The van der Waals surface area contributed by atoms with Crippen molar-refractivity contribution in [3.8, 4) is 6.07 Å². The van der Waals surface area contributed by atoms with E-state index in [-0.39, 0.29) is 12.6 Å². The number of anilines is 1. The average molecular weight is 190 g/mol. The lowest BCUT2D eigenvalue weighted by Crippen LogP contribution is -2.20. The number of benzene rings is 1. The third-order valence-electron chi connectivity index (χ3n) is 2.06. The van der Waals surface area contributed by atoms with Crippen molar-refractivity contribution in [3.05, 3.63) is 29.3 Å². The van der Waals surface area contributed by atoms with Crippen LogP contribution in [0.4, 0.5) is 5.69 Å². The summed E-state index contributed by atoms with van der Waals surface area (Å²) in [6.07, 6.45) is 0. The largest absolute Gasteiger partial charge is 0.394 e. The average Bonchev–Trinajstić information content (AvgIpc) is 2.20. The Morgan fingerprint density at radius 3 is 2.86 bits per heavy atom. The summed E-state index contributed by atoms with van der Waals surface area (Å²) >= 11 is 0. The monoisotopic (exact) mass is 190 g/mol. The zero-order valence-electron chi connectivity index (χ0n) is 8.41. The zero-order valence-corrected chi connectivity index (χ0v) is 8.41. The van der Waals surface area contributed by atoms with Crippen LogP contribution in [0.25, 0.3) is 0 Å². The molecular weight excluding hydrogens is 176 g/mol. The Bertz CT molecular complexity index is 355. The van der Waals surface area contributed by atoms with E-state index in [1.54, 1.807) is 6.07 Å². The highest BCUT2D eigenvalue weighted by molar-refractivity contribution is 5.62. The van der Waals surface area contributed by atoms with Crippen LogP contribution in [0.15, 0.2) is 18.2 Å². The van der Waals surface area contributed by atoms with Gasteiger partial charge in [0.2, 0.25) is 0 Å². The van der Waals surface area contributed by atoms with Gasteiger partial charge < -0.3 is 10.4 Å². The number of aliphatic hydroxyl groups excluding tert-OH is 1. The van der Waals surface area contributed by atoms with Gasteiger partial charge in [0.1, 0.15) is 6.07 Å². The first-order chi connectivity index (χ1) is 6.69. The second-order valence-electron chi connectivity index (χ2n) is 3.34. The summed E-state index contributed by atoms with van der Waals surface area (Å²) in [6, 6.07) is 7.63. The predicted molar refractivity (Wildman–Crippen MR) is 56.1 cm³/mol. The van der Waals surface area contributed by atoms with Gasteiger partial charge in [-0.1, -0.05) is 12.1 Å². The molecule has 74 valence electrons. The summed E-state index contributed by atoms with van der Waals surface area (Å²) in [6.45, 7) is 3.86.